The summed E-state index contributed by atoms with van der Waals surface area (Å²) in [6, 6.07) is 3.90. The van der Waals surface area contributed by atoms with Crippen molar-refractivity contribution < 1.29 is 17.9 Å². The minimum Gasteiger partial charge on any atom is -0.394 e. The molecule has 0 amide bonds. The molecule has 7 heteroatoms. The Labute approximate surface area is 80.2 Å². The van der Waals surface area contributed by atoms with Crippen molar-refractivity contribution in [1.29, 1.82) is 0 Å². The molecule has 0 radical (unpaired) electrons. The smallest absolute Gasteiger partial charge is 0.353 e. The molecule has 1 aromatic rings. The minimum atomic E-state index is -2.43. The van der Waals surface area contributed by atoms with E-state index in [0.717, 1.165) is 0 Å². The third-order valence-corrected chi connectivity index (χ3v) is 2.90. The number of nitrogen functional groups attached to an aromatic ring is 1. The molecule has 0 fully saturated rings. The number of hydrogen-bond acceptors (Lipinski definition) is 4. The SMILES string of the molecule is Nc1cc([SH+](=O)O)ccc1[S+](O)O. The molecule has 0 aliphatic carbocycles. The molecule has 13 heavy (non-hydrogen) atoms. The van der Waals surface area contributed by atoms with Crippen LogP contribution in [0.4, 0.5) is 5.69 Å². The van der Waals surface area contributed by atoms with E-state index >= 15 is 0 Å². The van der Waals surface area contributed by atoms with Crippen LogP contribution in [0.1, 0.15) is 0 Å². The van der Waals surface area contributed by atoms with Crippen molar-refractivity contribution >= 4 is 28.2 Å². The Morgan fingerprint density at radius 3 is 2.38 bits per heavy atom. The van der Waals surface area contributed by atoms with Gasteiger partial charge in [-0.05, 0) is 0 Å². The lowest BCUT2D eigenvalue weighted by atomic mass is 10.3. The van der Waals surface area contributed by atoms with E-state index in [9.17, 15) is 4.21 Å². The summed E-state index contributed by atoms with van der Waals surface area (Å²) < 4.78 is 36.9. The van der Waals surface area contributed by atoms with Gasteiger partial charge in [0.25, 0.3) is 4.90 Å². The number of rotatable bonds is 2. The molecule has 0 bridgehead atoms. The molecular formula is C6H9NO4S2+2. The molecule has 5 N–H and O–H groups in total. The maximum absolute atomic E-state index is 10.6. The van der Waals surface area contributed by atoms with Gasteiger partial charge in [-0.2, -0.15) is 13.7 Å². The van der Waals surface area contributed by atoms with E-state index < -0.39 is 22.5 Å². The van der Waals surface area contributed by atoms with Crippen LogP contribution in [-0.2, 0) is 26.7 Å². The molecule has 1 atom stereocenters. The molecule has 0 aliphatic rings. The van der Waals surface area contributed by atoms with E-state index in [1.807, 2.05) is 0 Å². The third-order valence-electron chi connectivity index (χ3n) is 1.41. The Kier molecular flexibility index (Phi) is 3.28. The van der Waals surface area contributed by atoms with E-state index in [4.69, 9.17) is 19.4 Å². The summed E-state index contributed by atoms with van der Waals surface area (Å²) in [4.78, 5) is 0.322. The maximum atomic E-state index is 10.6. The van der Waals surface area contributed by atoms with Crippen LogP contribution >= 0.6 is 0 Å². The predicted molar refractivity (Wildman–Crippen MR) is 52.1 cm³/mol. The van der Waals surface area contributed by atoms with Crippen LogP contribution in [0.15, 0.2) is 28.0 Å². The molecule has 0 spiro atoms. The average Bonchev–Trinajstić information content (AvgIpc) is 2.03. The summed E-state index contributed by atoms with van der Waals surface area (Å²) in [5.74, 6) is 0. The topological polar surface area (TPSA) is 104 Å². The summed E-state index contributed by atoms with van der Waals surface area (Å²) in [5.41, 5.74) is 5.51. The van der Waals surface area contributed by atoms with E-state index in [1.54, 1.807) is 0 Å². The summed E-state index contributed by atoms with van der Waals surface area (Å²) in [6.45, 7) is 0. The van der Waals surface area contributed by atoms with Crippen molar-refractivity contribution in [2.24, 2.45) is 0 Å². The zero-order valence-electron chi connectivity index (χ0n) is 6.41. The van der Waals surface area contributed by atoms with Gasteiger partial charge < -0.3 is 5.73 Å². The molecule has 72 valence electrons. The maximum Gasteiger partial charge on any atom is 0.353 e. The van der Waals surface area contributed by atoms with Crippen molar-refractivity contribution in [3.63, 3.8) is 0 Å². The van der Waals surface area contributed by atoms with Gasteiger partial charge in [-0.1, -0.05) is 4.21 Å². The van der Waals surface area contributed by atoms with E-state index in [0.29, 0.717) is 0 Å². The second-order valence-electron chi connectivity index (χ2n) is 2.26. The first kappa shape index (κ1) is 10.5. The third kappa shape index (κ3) is 2.42. The van der Waals surface area contributed by atoms with E-state index in [1.165, 1.54) is 18.2 Å². The zero-order chi connectivity index (χ0) is 10.0. The van der Waals surface area contributed by atoms with Crippen LogP contribution < -0.4 is 5.73 Å². The number of benzene rings is 1. The number of hydrogen-bond donors (Lipinski definition) is 4. The Morgan fingerprint density at radius 2 is 2.00 bits per heavy atom. The lowest BCUT2D eigenvalue weighted by Gasteiger charge is -1.95. The van der Waals surface area contributed by atoms with Gasteiger partial charge in [-0.25, -0.2) is 0 Å². The van der Waals surface area contributed by atoms with Gasteiger partial charge in [-0.15, -0.1) is 0 Å². The largest absolute Gasteiger partial charge is 0.394 e. The molecule has 1 rings (SSSR count). The van der Waals surface area contributed by atoms with E-state index in [-0.39, 0.29) is 15.5 Å². The highest BCUT2D eigenvalue weighted by Crippen LogP contribution is 2.20. The fraction of sp³-hybridized carbons (Fsp3) is 0. The summed E-state index contributed by atoms with van der Waals surface area (Å²) in [7, 11) is 0. The monoisotopic (exact) mass is 223 g/mol. The summed E-state index contributed by atoms with van der Waals surface area (Å²) in [6.07, 6.45) is 0. The fourth-order valence-electron chi connectivity index (χ4n) is 0.821. The minimum absolute atomic E-state index is 0.100. The summed E-state index contributed by atoms with van der Waals surface area (Å²) in [5, 5.41) is 0. The zero-order valence-corrected chi connectivity index (χ0v) is 8.13. The van der Waals surface area contributed by atoms with Gasteiger partial charge in [0, 0.05) is 18.2 Å². The first-order valence-electron chi connectivity index (χ1n) is 3.20. The van der Waals surface area contributed by atoms with Gasteiger partial charge in [0.1, 0.15) is 0 Å². The standard InChI is InChI=1S/C6H7NO4S2/c7-5-3-4(12(8)9)1-2-6(5)13(10)11/h1-3,10-11H,7H2/p+2. The van der Waals surface area contributed by atoms with Crippen LogP contribution in [0, 0.1) is 0 Å². The van der Waals surface area contributed by atoms with Crippen LogP contribution in [0.25, 0.3) is 0 Å². The average molecular weight is 223 g/mol. The van der Waals surface area contributed by atoms with Crippen molar-refractivity contribution in [2.75, 3.05) is 5.73 Å². The van der Waals surface area contributed by atoms with Crippen LogP contribution in [0.2, 0.25) is 0 Å². The highest BCUT2D eigenvalue weighted by atomic mass is 32.2. The second-order valence-corrected chi connectivity index (χ2v) is 4.29. The molecule has 0 saturated carbocycles. The summed E-state index contributed by atoms with van der Waals surface area (Å²) >= 11 is -4.35. The van der Waals surface area contributed by atoms with Crippen LogP contribution in [-0.4, -0.2) is 13.7 Å². The van der Waals surface area contributed by atoms with Crippen LogP contribution in [0.3, 0.4) is 0 Å². The van der Waals surface area contributed by atoms with Gasteiger partial charge in [-0.3, -0.25) is 0 Å². The molecule has 1 unspecified atom stereocenters. The first-order chi connectivity index (χ1) is 6.02. The molecule has 0 heterocycles. The quantitative estimate of drug-likeness (QED) is 0.336. The number of nitrogens with two attached hydrogens (primary N) is 1. The normalized spacial score (nSPS) is 13.2. The van der Waals surface area contributed by atoms with Gasteiger partial charge >= 0.3 is 11.5 Å². The molecular weight excluding hydrogens is 214 g/mol. The fourth-order valence-corrected chi connectivity index (χ4v) is 1.73. The number of anilines is 1. The van der Waals surface area contributed by atoms with Crippen molar-refractivity contribution in [3.05, 3.63) is 18.2 Å². The van der Waals surface area contributed by atoms with Gasteiger partial charge in [0.2, 0.25) is 11.1 Å². The molecule has 1 aromatic carbocycles. The molecule has 0 aromatic heterocycles. The predicted octanol–water partition coefficient (Wildman–Crippen LogP) is 0.720. The Hall–Kier alpha value is -0.600. The highest BCUT2D eigenvalue weighted by molar-refractivity contribution is 7.86. The lowest BCUT2D eigenvalue weighted by molar-refractivity contribution is 0.505. The van der Waals surface area contributed by atoms with Crippen molar-refractivity contribution in [3.8, 4) is 0 Å². The second kappa shape index (κ2) is 4.07. The van der Waals surface area contributed by atoms with Gasteiger partial charge in [0.05, 0.1) is 5.69 Å². The number of thiol groups is 1. The molecule has 0 aliphatic heterocycles. The van der Waals surface area contributed by atoms with Crippen molar-refractivity contribution in [1.82, 2.24) is 0 Å². The van der Waals surface area contributed by atoms with Crippen molar-refractivity contribution in [2.45, 2.75) is 9.79 Å². The van der Waals surface area contributed by atoms with Crippen LogP contribution in [0.5, 0.6) is 0 Å². The Balaban J connectivity index is 3.13. The Bertz CT molecular complexity index is 341. The molecule has 5 nitrogen and oxygen atoms in total. The van der Waals surface area contributed by atoms with Gasteiger partial charge in [0.15, 0.2) is 4.90 Å². The van der Waals surface area contributed by atoms with E-state index in [2.05, 4.69) is 0 Å². The highest BCUT2D eigenvalue weighted by Gasteiger charge is 2.22. The molecule has 0 saturated heterocycles. The first-order valence-corrected chi connectivity index (χ1v) is 5.55. The Morgan fingerprint density at radius 1 is 1.38 bits per heavy atom. The lowest BCUT2D eigenvalue weighted by Crippen LogP contribution is -2.03.